The van der Waals surface area contributed by atoms with Crippen LogP contribution in [0, 0.1) is 0 Å². The standard InChI is InChI=1S/C27H26F2N6O5/c1-32-24(37)21-4-3-17(9-22(21)35(32)12-18-8-16(14-36)2-5-23(18)40-25(28)29)19-10-30-26(31-11-19)33-6-7-34-20(13-33)15-39-27(34)38/h2-5,8-11,20,25,36H,6-7,12-15H2,1H3/t20-/m0/s1. The fraction of sp³-hybridized carbons (Fsp3) is 0.333. The van der Waals surface area contributed by atoms with Crippen LogP contribution in [0.2, 0.25) is 0 Å². The molecule has 1 amide bonds. The van der Waals surface area contributed by atoms with E-state index < -0.39 is 6.61 Å². The number of hydrogen-bond acceptors (Lipinski definition) is 8. The van der Waals surface area contributed by atoms with Crippen molar-refractivity contribution in [2.75, 3.05) is 31.1 Å². The highest BCUT2D eigenvalue weighted by Crippen LogP contribution is 2.28. The summed E-state index contributed by atoms with van der Waals surface area (Å²) in [5.41, 5.74) is 2.78. The van der Waals surface area contributed by atoms with Gasteiger partial charge in [-0.2, -0.15) is 8.78 Å². The van der Waals surface area contributed by atoms with Crippen molar-refractivity contribution < 1.29 is 28.2 Å². The van der Waals surface area contributed by atoms with Gasteiger partial charge in [0.05, 0.1) is 30.1 Å². The molecule has 4 aromatic rings. The number of cyclic esters (lactones) is 1. The summed E-state index contributed by atoms with van der Waals surface area (Å²) >= 11 is 0. The number of alkyl halides is 2. The Kier molecular flexibility index (Phi) is 6.58. The third-order valence-electron chi connectivity index (χ3n) is 7.38. The van der Waals surface area contributed by atoms with Crippen LogP contribution in [0.4, 0.5) is 19.5 Å². The summed E-state index contributed by atoms with van der Waals surface area (Å²) in [6, 6.07) is 9.82. The van der Waals surface area contributed by atoms with E-state index in [1.807, 2.05) is 17.0 Å². The minimum absolute atomic E-state index is 0.0218. The maximum absolute atomic E-state index is 13.0. The first-order valence-corrected chi connectivity index (χ1v) is 12.7. The molecule has 1 N–H and O–H groups in total. The van der Waals surface area contributed by atoms with E-state index in [0.717, 1.165) is 11.1 Å². The lowest BCUT2D eigenvalue weighted by Gasteiger charge is -2.35. The number of anilines is 1. The molecule has 0 aliphatic carbocycles. The third-order valence-corrected chi connectivity index (χ3v) is 7.38. The van der Waals surface area contributed by atoms with Crippen LogP contribution in [0.3, 0.4) is 0 Å². The molecule has 0 radical (unpaired) electrons. The zero-order valence-corrected chi connectivity index (χ0v) is 21.5. The Hall–Kier alpha value is -4.52. The highest BCUT2D eigenvalue weighted by atomic mass is 19.3. The lowest BCUT2D eigenvalue weighted by Crippen LogP contribution is -2.52. The van der Waals surface area contributed by atoms with E-state index >= 15 is 0 Å². The first-order chi connectivity index (χ1) is 19.3. The van der Waals surface area contributed by atoms with Crippen molar-refractivity contribution >= 4 is 22.9 Å². The molecule has 4 heterocycles. The maximum atomic E-state index is 13.0. The lowest BCUT2D eigenvalue weighted by atomic mass is 10.1. The molecule has 2 aromatic carbocycles. The topological polar surface area (TPSA) is 115 Å². The molecule has 2 fully saturated rings. The van der Waals surface area contributed by atoms with Crippen molar-refractivity contribution in [1.82, 2.24) is 24.2 Å². The average Bonchev–Trinajstić information content (AvgIpc) is 3.45. The fourth-order valence-electron chi connectivity index (χ4n) is 5.27. The van der Waals surface area contributed by atoms with Crippen molar-refractivity contribution in [3.05, 3.63) is 70.3 Å². The van der Waals surface area contributed by atoms with Crippen LogP contribution in [0.5, 0.6) is 5.75 Å². The van der Waals surface area contributed by atoms with Gasteiger partial charge in [-0.25, -0.2) is 14.8 Å². The Balaban J connectivity index is 1.30. The van der Waals surface area contributed by atoms with E-state index in [1.54, 1.807) is 41.2 Å². The van der Waals surface area contributed by atoms with Gasteiger partial charge in [-0.1, -0.05) is 12.1 Å². The first kappa shape index (κ1) is 25.7. The monoisotopic (exact) mass is 552 g/mol. The zero-order valence-electron chi connectivity index (χ0n) is 21.5. The molecule has 13 heteroatoms. The molecule has 1 atom stereocenters. The Morgan fingerprint density at radius 3 is 2.65 bits per heavy atom. The second-order valence-corrected chi connectivity index (χ2v) is 9.74. The summed E-state index contributed by atoms with van der Waals surface area (Å²) in [6.07, 6.45) is 3.13. The molecule has 40 heavy (non-hydrogen) atoms. The smallest absolute Gasteiger partial charge is 0.410 e. The molecule has 0 bridgehead atoms. The van der Waals surface area contributed by atoms with Crippen molar-refractivity contribution in [3.8, 4) is 16.9 Å². The van der Waals surface area contributed by atoms with Crippen LogP contribution < -0.4 is 15.2 Å². The van der Waals surface area contributed by atoms with Crippen LogP contribution >= 0.6 is 0 Å². The number of rotatable bonds is 7. The normalized spacial score (nSPS) is 17.0. The van der Waals surface area contributed by atoms with Crippen LogP contribution in [0.25, 0.3) is 22.0 Å². The van der Waals surface area contributed by atoms with Crippen LogP contribution in [0.1, 0.15) is 11.1 Å². The van der Waals surface area contributed by atoms with E-state index in [2.05, 4.69) is 9.97 Å². The second-order valence-electron chi connectivity index (χ2n) is 9.74. The number of fused-ring (bicyclic) bond motifs is 2. The third kappa shape index (κ3) is 4.62. The fourth-order valence-corrected chi connectivity index (χ4v) is 5.27. The maximum Gasteiger partial charge on any atom is 0.410 e. The molecule has 6 rings (SSSR count). The number of benzene rings is 2. The first-order valence-electron chi connectivity index (χ1n) is 12.7. The van der Waals surface area contributed by atoms with Gasteiger partial charge in [0.1, 0.15) is 12.4 Å². The zero-order chi connectivity index (χ0) is 28.0. The molecule has 0 saturated carbocycles. The highest BCUT2D eigenvalue weighted by Gasteiger charge is 2.38. The summed E-state index contributed by atoms with van der Waals surface area (Å²) in [4.78, 5) is 37.6. The quantitative estimate of drug-likeness (QED) is 0.372. The minimum atomic E-state index is -3.02. The predicted molar refractivity (Wildman–Crippen MR) is 140 cm³/mol. The van der Waals surface area contributed by atoms with E-state index in [1.165, 1.54) is 16.8 Å². The summed E-state index contributed by atoms with van der Waals surface area (Å²) < 4.78 is 39.0. The van der Waals surface area contributed by atoms with Gasteiger partial charge < -0.3 is 19.5 Å². The van der Waals surface area contributed by atoms with Gasteiger partial charge in [-0.05, 0) is 35.4 Å². The van der Waals surface area contributed by atoms with Gasteiger partial charge in [0.2, 0.25) is 5.95 Å². The molecule has 2 aliphatic heterocycles. The largest absolute Gasteiger partial charge is 0.447 e. The molecule has 208 valence electrons. The van der Waals surface area contributed by atoms with E-state index in [0.29, 0.717) is 54.2 Å². The summed E-state index contributed by atoms with van der Waals surface area (Å²) in [5, 5.41) is 10.0. The number of aliphatic hydroxyl groups is 1. The molecule has 2 aromatic heterocycles. The number of piperazine rings is 1. The highest BCUT2D eigenvalue weighted by molar-refractivity contribution is 5.84. The average molecular weight is 553 g/mol. The van der Waals surface area contributed by atoms with Gasteiger partial charge in [0.25, 0.3) is 5.56 Å². The Labute approximate surface area is 226 Å². The number of ether oxygens (including phenoxy) is 2. The number of amides is 1. The second kappa shape index (κ2) is 10.2. The van der Waals surface area contributed by atoms with Crippen molar-refractivity contribution in [1.29, 1.82) is 0 Å². The van der Waals surface area contributed by atoms with Gasteiger partial charge in [-0.3, -0.25) is 19.1 Å². The van der Waals surface area contributed by atoms with Gasteiger partial charge in [0, 0.05) is 50.2 Å². The summed E-state index contributed by atoms with van der Waals surface area (Å²) in [7, 11) is 1.60. The number of hydrogen-bond donors (Lipinski definition) is 1. The molecule has 2 aliphatic rings. The van der Waals surface area contributed by atoms with Crippen molar-refractivity contribution in [2.24, 2.45) is 7.05 Å². The number of halogens is 2. The van der Waals surface area contributed by atoms with Crippen LogP contribution in [0.15, 0.2) is 53.6 Å². The molecule has 2 saturated heterocycles. The number of aromatic nitrogens is 4. The van der Waals surface area contributed by atoms with Crippen LogP contribution in [-0.4, -0.2) is 74.3 Å². The van der Waals surface area contributed by atoms with E-state index in [9.17, 15) is 23.5 Å². The Bertz CT molecular complexity index is 1640. The molecule has 11 nitrogen and oxygen atoms in total. The molecular weight excluding hydrogens is 526 g/mol. The molecule has 0 spiro atoms. The van der Waals surface area contributed by atoms with E-state index in [-0.39, 0.29) is 36.6 Å². The van der Waals surface area contributed by atoms with E-state index in [4.69, 9.17) is 9.47 Å². The van der Waals surface area contributed by atoms with Gasteiger partial charge >= 0.3 is 12.7 Å². The van der Waals surface area contributed by atoms with Crippen LogP contribution in [-0.2, 0) is 24.9 Å². The number of carbonyl (C=O) groups excluding carboxylic acids is 1. The lowest BCUT2D eigenvalue weighted by molar-refractivity contribution is -0.0505. The summed E-state index contributed by atoms with van der Waals surface area (Å²) in [6.45, 7) is -1.14. The Morgan fingerprint density at radius 1 is 1.10 bits per heavy atom. The van der Waals surface area contributed by atoms with Gasteiger partial charge in [-0.15, -0.1) is 0 Å². The number of carbonyl (C=O) groups is 1. The number of nitrogens with zero attached hydrogens (tertiary/aromatic N) is 6. The molecule has 0 unspecified atom stereocenters. The number of aliphatic hydroxyl groups excluding tert-OH is 1. The molecular formula is C27H26F2N6O5. The summed E-state index contributed by atoms with van der Waals surface area (Å²) in [5.74, 6) is 0.520. The van der Waals surface area contributed by atoms with Crippen molar-refractivity contribution in [3.63, 3.8) is 0 Å². The predicted octanol–water partition coefficient (Wildman–Crippen LogP) is 2.58. The van der Waals surface area contributed by atoms with Crippen molar-refractivity contribution in [2.45, 2.75) is 25.8 Å². The Morgan fingerprint density at radius 2 is 1.90 bits per heavy atom. The van der Waals surface area contributed by atoms with Gasteiger partial charge in [0.15, 0.2) is 0 Å². The minimum Gasteiger partial charge on any atom is -0.447 e. The SMILES string of the molecule is Cn1c(=O)c2ccc(-c3cnc(N4CCN5C(=O)OC[C@@H]5C4)nc3)cc2n1Cc1cc(CO)ccc1OC(F)F.